The zero-order chi connectivity index (χ0) is 10.3. The summed E-state index contributed by atoms with van der Waals surface area (Å²) in [6.07, 6.45) is 3.63. The van der Waals surface area contributed by atoms with Crippen LogP contribution in [0.25, 0.3) is 5.65 Å². The minimum absolute atomic E-state index is 0.662. The molecular weight excluding hydrogens is 242 g/mol. The Morgan fingerprint density at radius 1 is 1.50 bits per heavy atom. The summed E-state index contributed by atoms with van der Waals surface area (Å²) in [5.74, 6) is 0. The molecule has 0 spiro atoms. The molecule has 2 rings (SSSR count). The van der Waals surface area contributed by atoms with Gasteiger partial charge in [-0.1, -0.05) is 0 Å². The molecule has 0 aliphatic rings. The van der Waals surface area contributed by atoms with E-state index in [9.17, 15) is 0 Å². The summed E-state index contributed by atoms with van der Waals surface area (Å²) in [5.41, 5.74) is 3.45. The first-order valence-corrected chi connectivity index (χ1v) is 4.97. The molecule has 70 valence electrons. The molecule has 0 aromatic carbocycles. The second kappa shape index (κ2) is 3.10. The van der Waals surface area contributed by atoms with Gasteiger partial charge in [-0.3, -0.25) is 0 Å². The number of hydrogen-bond acceptors (Lipinski definition) is 2. The van der Waals surface area contributed by atoms with Gasteiger partial charge >= 0.3 is 0 Å². The molecule has 0 amide bonds. The van der Waals surface area contributed by atoms with Crippen molar-refractivity contribution in [1.82, 2.24) is 9.38 Å². The third-order valence-corrected chi connectivity index (χ3v) is 2.81. The van der Waals surface area contributed by atoms with E-state index in [0.717, 1.165) is 21.4 Å². The molecule has 0 atom stereocenters. The van der Waals surface area contributed by atoms with Crippen LogP contribution in [0.15, 0.2) is 16.9 Å². The number of rotatable bonds is 0. The lowest BCUT2D eigenvalue weighted by Crippen LogP contribution is -1.89. The van der Waals surface area contributed by atoms with E-state index < -0.39 is 0 Å². The van der Waals surface area contributed by atoms with Crippen LogP contribution in [0.3, 0.4) is 0 Å². The van der Waals surface area contributed by atoms with Crippen molar-refractivity contribution in [3.05, 3.63) is 33.7 Å². The Hall–Kier alpha value is -1.34. The van der Waals surface area contributed by atoms with Gasteiger partial charge in [0.1, 0.15) is 6.07 Å². The molecule has 4 heteroatoms. The highest BCUT2D eigenvalue weighted by atomic mass is 79.9. The van der Waals surface area contributed by atoms with E-state index in [2.05, 4.69) is 27.0 Å². The second-order valence-corrected chi connectivity index (χ2v) is 4.08. The lowest BCUT2D eigenvalue weighted by atomic mass is 10.2. The van der Waals surface area contributed by atoms with E-state index in [-0.39, 0.29) is 0 Å². The molecular formula is C10H8BrN3. The highest BCUT2D eigenvalue weighted by molar-refractivity contribution is 9.10. The van der Waals surface area contributed by atoms with Crippen LogP contribution < -0.4 is 0 Å². The third kappa shape index (κ3) is 1.13. The van der Waals surface area contributed by atoms with Gasteiger partial charge < -0.3 is 4.40 Å². The van der Waals surface area contributed by atoms with Gasteiger partial charge in [0.15, 0.2) is 5.65 Å². The molecule has 0 aliphatic heterocycles. The summed E-state index contributed by atoms with van der Waals surface area (Å²) in [4.78, 5) is 4.23. The quantitative estimate of drug-likeness (QED) is 0.721. The SMILES string of the molecule is Cc1c(C#N)c2ncc(Br)cn2c1C. The number of aryl methyl sites for hydroxylation is 1. The van der Waals surface area contributed by atoms with Gasteiger partial charge in [-0.05, 0) is 35.3 Å². The number of halogens is 1. The van der Waals surface area contributed by atoms with Gasteiger partial charge in [0.25, 0.3) is 0 Å². The molecule has 0 N–H and O–H groups in total. The number of nitrogens with zero attached hydrogens (tertiary/aromatic N) is 3. The second-order valence-electron chi connectivity index (χ2n) is 3.16. The fraction of sp³-hybridized carbons (Fsp3) is 0.200. The maximum absolute atomic E-state index is 8.98. The highest BCUT2D eigenvalue weighted by Crippen LogP contribution is 2.21. The molecule has 0 fully saturated rings. The molecule has 2 aromatic heterocycles. The largest absolute Gasteiger partial charge is 0.303 e. The summed E-state index contributed by atoms with van der Waals surface area (Å²) in [6, 6.07) is 2.18. The minimum Gasteiger partial charge on any atom is -0.303 e. The average Bonchev–Trinajstić information content (AvgIpc) is 2.41. The number of nitriles is 1. The van der Waals surface area contributed by atoms with Crippen molar-refractivity contribution in [1.29, 1.82) is 5.26 Å². The Labute approximate surface area is 90.1 Å². The first kappa shape index (κ1) is 9.22. The summed E-state index contributed by atoms with van der Waals surface area (Å²) < 4.78 is 2.84. The molecule has 2 aromatic rings. The molecule has 0 aliphatic carbocycles. The monoisotopic (exact) mass is 249 g/mol. The van der Waals surface area contributed by atoms with Crippen LogP contribution in [0.2, 0.25) is 0 Å². The van der Waals surface area contributed by atoms with Gasteiger partial charge in [0.05, 0.1) is 10.0 Å². The predicted molar refractivity (Wildman–Crippen MR) is 57.1 cm³/mol. The molecule has 14 heavy (non-hydrogen) atoms. The van der Waals surface area contributed by atoms with Crippen LogP contribution in [0.1, 0.15) is 16.8 Å². The fourth-order valence-electron chi connectivity index (χ4n) is 1.51. The van der Waals surface area contributed by atoms with Crippen molar-refractivity contribution in [3.8, 4) is 6.07 Å². The molecule has 0 saturated heterocycles. The average molecular weight is 250 g/mol. The van der Waals surface area contributed by atoms with E-state index in [0.29, 0.717) is 5.56 Å². The maximum atomic E-state index is 8.98. The van der Waals surface area contributed by atoms with E-state index in [1.807, 2.05) is 24.4 Å². The Kier molecular flexibility index (Phi) is 2.05. The van der Waals surface area contributed by atoms with Gasteiger partial charge in [-0.15, -0.1) is 0 Å². The normalized spacial score (nSPS) is 10.4. The van der Waals surface area contributed by atoms with Crippen LogP contribution in [0.4, 0.5) is 0 Å². The Morgan fingerprint density at radius 2 is 2.21 bits per heavy atom. The van der Waals surface area contributed by atoms with Crippen LogP contribution in [-0.2, 0) is 0 Å². The van der Waals surface area contributed by atoms with E-state index in [1.165, 1.54) is 0 Å². The van der Waals surface area contributed by atoms with E-state index in [4.69, 9.17) is 5.26 Å². The van der Waals surface area contributed by atoms with Gasteiger partial charge in [-0.2, -0.15) is 5.26 Å². The molecule has 0 unspecified atom stereocenters. The number of aromatic nitrogens is 2. The van der Waals surface area contributed by atoms with Crippen molar-refractivity contribution in [3.63, 3.8) is 0 Å². The van der Waals surface area contributed by atoms with Crippen molar-refractivity contribution < 1.29 is 0 Å². The van der Waals surface area contributed by atoms with Crippen LogP contribution in [-0.4, -0.2) is 9.38 Å². The van der Waals surface area contributed by atoms with Crippen molar-refractivity contribution in [2.75, 3.05) is 0 Å². The summed E-state index contributed by atoms with van der Waals surface area (Å²) in [6.45, 7) is 3.92. The Morgan fingerprint density at radius 3 is 2.86 bits per heavy atom. The zero-order valence-electron chi connectivity index (χ0n) is 7.87. The van der Waals surface area contributed by atoms with Crippen LogP contribution in [0.5, 0.6) is 0 Å². The molecule has 0 saturated carbocycles. The summed E-state index contributed by atoms with van der Waals surface area (Å²) in [5, 5.41) is 8.98. The topological polar surface area (TPSA) is 41.1 Å². The molecule has 2 heterocycles. The lowest BCUT2D eigenvalue weighted by Gasteiger charge is -1.97. The third-order valence-electron chi connectivity index (χ3n) is 2.41. The molecule has 3 nitrogen and oxygen atoms in total. The van der Waals surface area contributed by atoms with E-state index in [1.54, 1.807) is 6.20 Å². The standard InChI is InChI=1S/C10H8BrN3/c1-6-7(2)14-5-8(11)4-13-10(14)9(6)3-12/h4-5H,1-2H3. The van der Waals surface area contributed by atoms with Gasteiger partial charge in [-0.25, -0.2) is 4.98 Å². The summed E-state index contributed by atoms with van der Waals surface area (Å²) in [7, 11) is 0. The van der Waals surface area contributed by atoms with Crippen LogP contribution >= 0.6 is 15.9 Å². The Bertz CT molecular complexity index is 548. The first-order chi connectivity index (χ1) is 6.65. The number of hydrogen-bond donors (Lipinski definition) is 0. The van der Waals surface area contributed by atoms with E-state index >= 15 is 0 Å². The Balaban J connectivity index is 2.97. The minimum atomic E-state index is 0.662. The van der Waals surface area contributed by atoms with Gasteiger partial charge in [0.2, 0.25) is 0 Å². The fourth-order valence-corrected chi connectivity index (χ4v) is 1.81. The first-order valence-electron chi connectivity index (χ1n) is 4.18. The number of fused-ring (bicyclic) bond motifs is 1. The zero-order valence-corrected chi connectivity index (χ0v) is 9.46. The molecule has 0 radical (unpaired) electrons. The van der Waals surface area contributed by atoms with Gasteiger partial charge in [0, 0.05) is 18.1 Å². The van der Waals surface area contributed by atoms with Crippen molar-refractivity contribution >= 4 is 21.6 Å². The summed E-state index contributed by atoms with van der Waals surface area (Å²) >= 11 is 3.36. The smallest absolute Gasteiger partial charge is 0.155 e. The maximum Gasteiger partial charge on any atom is 0.155 e. The van der Waals surface area contributed by atoms with Crippen molar-refractivity contribution in [2.24, 2.45) is 0 Å². The highest BCUT2D eigenvalue weighted by Gasteiger charge is 2.12. The van der Waals surface area contributed by atoms with Crippen molar-refractivity contribution in [2.45, 2.75) is 13.8 Å². The predicted octanol–water partition coefficient (Wildman–Crippen LogP) is 2.59. The lowest BCUT2D eigenvalue weighted by molar-refractivity contribution is 1.05. The molecule has 0 bridgehead atoms. The van der Waals surface area contributed by atoms with Crippen LogP contribution in [0, 0.1) is 25.2 Å².